The first-order valence-electron chi connectivity index (χ1n) is 22.8. The fourth-order valence-electron chi connectivity index (χ4n) is 8.51. The number of urea groups is 2. The van der Waals surface area contributed by atoms with Crippen LogP contribution in [0.4, 0.5) is 21.2 Å². The van der Waals surface area contributed by atoms with Gasteiger partial charge in [-0.3, -0.25) is 28.9 Å². The van der Waals surface area contributed by atoms with Crippen LogP contribution in [0.5, 0.6) is 0 Å². The van der Waals surface area contributed by atoms with Crippen molar-refractivity contribution in [2.45, 2.75) is 75.5 Å². The van der Waals surface area contributed by atoms with E-state index in [1.807, 2.05) is 60.7 Å². The van der Waals surface area contributed by atoms with Gasteiger partial charge in [-0.2, -0.15) is 0 Å². The van der Waals surface area contributed by atoms with Gasteiger partial charge in [0.15, 0.2) is 59.0 Å². The summed E-state index contributed by atoms with van der Waals surface area (Å²) < 4.78 is 82.0. The minimum absolute atomic E-state index is 0.109. The van der Waals surface area contributed by atoms with Crippen molar-refractivity contribution in [2.75, 3.05) is 36.9 Å². The Bertz CT molecular complexity index is 2890. The number of rotatable bonds is 18. The number of carbonyl (C=O) groups is 2. The molecule has 0 radical (unpaired) electrons. The molecule has 0 saturated carbocycles. The number of anilines is 2. The Hall–Kier alpha value is -6.42. The second-order valence-electron chi connectivity index (χ2n) is 16.4. The Balaban J connectivity index is 0.830. The van der Waals surface area contributed by atoms with E-state index in [1.165, 1.54) is 34.4 Å². The molecule has 4 aliphatic heterocycles. The van der Waals surface area contributed by atoms with Gasteiger partial charge in [0.2, 0.25) is 0 Å². The molecule has 4 fully saturated rings. The summed E-state index contributed by atoms with van der Waals surface area (Å²) in [5.74, 6) is 0.218. The largest absolute Gasteiger partial charge is 0.756 e. The molecule has 29 heteroatoms. The normalized spacial score (nSPS) is 27.3. The number of amides is 4. The third-order valence-corrected chi connectivity index (χ3v) is 14.2. The minimum Gasteiger partial charge on any atom is -0.756 e. The number of fused-ring (bicyclic) bond motifs is 4. The van der Waals surface area contributed by atoms with E-state index >= 15 is 0 Å². The average Bonchev–Trinajstić information content (AvgIpc) is 4.24. The predicted molar refractivity (Wildman–Crippen MR) is 250 cm³/mol. The smallest absolute Gasteiger partial charge is 0.320 e. The number of hydrogen-bond donors (Lipinski definition) is 4. The molecule has 0 bridgehead atoms. The van der Waals surface area contributed by atoms with Crippen molar-refractivity contribution in [3.63, 3.8) is 0 Å². The maximum Gasteiger partial charge on any atom is 0.320 e. The Morgan fingerprint density at radius 1 is 0.603 bits per heavy atom. The van der Waals surface area contributed by atoms with Gasteiger partial charge in [-0.25, -0.2) is 43.8 Å². The summed E-state index contributed by atoms with van der Waals surface area (Å²) in [6.45, 7) is 2.62. The molecule has 0 spiro atoms. The second-order valence-corrected chi connectivity index (χ2v) is 19.4. The Morgan fingerprint density at radius 2 is 1.01 bits per heavy atom. The number of phosphoric ester groups is 2. The molecule has 73 heavy (non-hydrogen) atoms. The molecule has 10 rings (SSSR count). The topological polar surface area (TPSA) is 333 Å². The molecule has 8 heterocycles. The molecule has 4 amide bonds. The molecule has 6 aromatic rings. The van der Waals surface area contributed by atoms with Crippen LogP contribution >= 0.6 is 15.6 Å². The molecule has 2 aromatic carbocycles. The van der Waals surface area contributed by atoms with E-state index in [9.17, 15) is 28.5 Å². The fraction of sp³-hybridized carbons (Fsp3) is 0.364. The predicted octanol–water partition coefficient (Wildman–Crippen LogP) is 3.38. The van der Waals surface area contributed by atoms with Gasteiger partial charge in [0.25, 0.3) is 15.6 Å². The number of nitrogens with zero attached hydrogens (tertiary/aromatic N) is 8. The van der Waals surface area contributed by atoms with Gasteiger partial charge in [0.1, 0.15) is 49.3 Å². The molecule has 4 aromatic heterocycles. The monoisotopic (exact) mass is 1040 g/mol. The highest BCUT2D eigenvalue weighted by Gasteiger charge is 2.55. The highest BCUT2D eigenvalue weighted by Crippen LogP contribution is 2.57. The van der Waals surface area contributed by atoms with Gasteiger partial charge in [0.05, 0.1) is 25.9 Å². The molecular formula is C44H46N12O15P2-2. The van der Waals surface area contributed by atoms with Crippen LogP contribution in [0.3, 0.4) is 0 Å². The van der Waals surface area contributed by atoms with Crippen LogP contribution in [0.1, 0.15) is 37.4 Å². The first-order valence-corrected chi connectivity index (χ1v) is 25.7. The number of benzene rings is 2. The van der Waals surface area contributed by atoms with E-state index in [0.717, 1.165) is 11.1 Å². The molecule has 4 saturated heterocycles. The van der Waals surface area contributed by atoms with Crippen molar-refractivity contribution in [1.29, 1.82) is 0 Å². The maximum absolute atomic E-state index is 13.3. The zero-order valence-electron chi connectivity index (χ0n) is 38.6. The molecular weight excluding hydrogens is 999 g/mol. The summed E-state index contributed by atoms with van der Waals surface area (Å²) in [4.78, 5) is 77.1. The summed E-state index contributed by atoms with van der Waals surface area (Å²) >= 11 is 0. The van der Waals surface area contributed by atoms with Crippen LogP contribution in [0.2, 0.25) is 0 Å². The van der Waals surface area contributed by atoms with E-state index in [0.29, 0.717) is 13.1 Å². The van der Waals surface area contributed by atoms with E-state index in [4.69, 9.17) is 37.5 Å². The number of hydrogen-bond acceptors (Lipinski definition) is 21. The quantitative estimate of drug-likeness (QED) is 0.0896. The minimum atomic E-state index is -5.74. The summed E-state index contributed by atoms with van der Waals surface area (Å²) in [5.41, 5.74) is 2.58. The van der Waals surface area contributed by atoms with Crippen molar-refractivity contribution in [3.05, 3.63) is 109 Å². The zero-order valence-corrected chi connectivity index (χ0v) is 40.4. The van der Waals surface area contributed by atoms with Gasteiger partial charge in [-0.05, 0) is 37.1 Å². The molecule has 384 valence electrons. The summed E-state index contributed by atoms with van der Waals surface area (Å²) in [5, 5.41) is 10.5. The zero-order chi connectivity index (χ0) is 50.7. The van der Waals surface area contributed by atoms with Crippen LogP contribution in [0, 0.1) is 0 Å². The molecule has 12 atom stereocenters. The molecule has 4 aliphatic rings. The molecule has 4 N–H and O–H groups in total. The SMILES string of the molecule is CCNC(=O)Nc1ncnc2c1ncn2[C@@H]1O[C@H](COP(=O)([O-])OP(=O)([O-])OC[C@H]2O[C@@H](n3cnc4c(NC(=O)NCC)ncnc43)[C@H]3O[C@@H](/C=C/c4ccccc4)OC23)C2O[C@@H](/C=C/c3ccccc3)OC21. The number of aromatic nitrogens is 8. The average molecular weight is 1040 g/mol. The number of phosphoric acid groups is 2. The third kappa shape index (κ3) is 11.2. The Labute approximate surface area is 414 Å². The standard InChI is InChI=1S/C44H48N12O15P2/c1-3-45-43(57)53-37-31-39(49-21-47-37)55(23-51-31)41-35-33(67-29(69-35)17-15-25-11-7-5-8-12-25)27(65-41)19-63-72(59,60)71-73(61,62)64-20-28-34-36(70-30(68-34)18-16-26-13-9-6-10-14-26)42(66-28)56-24-52-32-38(48-22-50-40(32)56)54-44(58)46-4-2/h5-18,21-24,27-30,33-36,41-42H,3-4,19-20H2,1-2H3,(H,59,60)(H,61,62)(H2,45,47,49,53,57)(H2,46,48,50,54,58)/p-2/b17-15+,18-16+/t27-,28-,29-,30+,33?,34?,35?,36+,41-,42-/m1/s1. The summed E-state index contributed by atoms with van der Waals surface area (Å²) in [6, 6.07) is 17.6. The van der Waals surface area contributed by atoms with Gasteiger partial charge in [0, 0.05) is 13.1 Å². The summed E-state index contributed by atoms with van der Waals surface area (Å²) in [6.07, 6.45) is 1.88. The van der Waals surface area contributed by atoms with Crippen LogP contribution < -0.4 is 31.1 Å². The van der Waals surface area contributed by atoms with E-state index in [-0.39, 0.29) is 34.0 Å². The van der Waals surface area contributed by atoms with Gasteiger partial charge in [-0.15, -0.1) is 0 Å². The van der Waals surface area contributed by atoms with E-state index in [1.54, 1.807) is 38.2 Å². The first kappa shape index (κ1) is 50.1. The van der Waals surface area contributed by atoms with E-state index in [2.05, 4.69) is 55.5 Å². The van der Waals surface area contributed by atoms with Gasteiger partial charge >= 0.3 is 12.1 Å². The van der Waals surface area contributed by atoms with E-state index < -0.39 is 103 Å². The summed E-state index contributed by atoms with van der Waals surface area (Å²) in [7, 11) is -11.5. The number of carbonyl (C=O) groups excluding carboxylic acids is 2. The van der Waals surface area contributed by atoms with Crippen molar-refractivity contribution in [3.8, 4) is 0 Å². The maximum atomic E-state index is 13.3. The van der Waals surface area contributed by atoms with Gasteiger partial charge in [-0.1, -0.05) is 72.8 Å². The van der Waals surface area contributed by atoms with Crippen LogP contribution in [0.15, 0.2) is 98.1 Å². The first-order chi connectivity index (χ1) is 35.3. The molecule has 27 nitrogen and oxygen atoms in total. The lowest BCUT2D eigenvalue weighted by molar-refractivity contribution is -0.247. The van der Waals surface area contributed by atoms with Crippen molar-refractivity contribution in [1.82, 2.24) is 49.7 Å². The van der Waals surface area contributed by atoms with Gasteiger partial charge < -0.3 is 57.9 Å². The lowest BCUT2D eigenvalue weighted by Crippen LogP contribution is -2.33. The van der Waals surface area contributed by atoms with Crippen molar-refractivity contribution >= 4 is 73.8 Å². The highest BCUT2D eigenvalue weighted by molar-refractivity contribution is 7.59. The number of ether oxygens (including phenoxy) is 6. The lowest BCUT2D eigenvalue weighted by atomic mass is 10.1. The third-order valence-electron chi connectivity index (χ3n) is 11.6. The molecule has 0 aliphatic carbocycles. The Kier molecular flexibility index (Phi) is 14.8. The number of nitrogens with one attached hydrogen (secondary N) is 4. The van der Waals surface area contributed by atoms with Crippen LogP contribution in [-0.4, -0.2) is 127 Å². The van der Waals surface area contributed by atoms with Crippen molar-refractivity contribution < 1.29 is 70.3 Å². The van der Waals surface area contributed by atoms with Crippen LogP contribution in [-0.2, 0) is 50.9 Å². The lowest BCUT2D eigenvalue weighted by Gasteiger charge is -2.32. The second kappa shape index (κ2) is 21.6. The molecule has 5 unspecified atom stereocenters. The fourth-order valence-corrected chi connectivity index (χ4v) is 10.5. The number of imidazole rings is 2. The van der Waals surface area contributed by atoms with Crippen molar-refractivity contribution in [2.24, 2.45) is 0 Å². The van der Waals surface area contributed by atoms with Crippen LogP contribution in [0.25, 0.3) is 34.5 Å². The highest BCUT2D eigenvalue weighted by atomic mass is 31.3. The Morgan fingerprint density at radius 3 is 1.42 bits per heavy atom.